The molecule has 5 rings (SSSR count). The number of urea groups is 1. The summed E-state index contributed by atoms with van der Waals surface area (Å²) in [5.41, 5.74) is 4.68. The van der Waals surface area contributed by atoms with E-state index in [1.54, 1.807) is 22.2 Å². The van der Waals surface area contributed by atoms with Gasteiger partial charge in [-0.15, -0.1) is 0 Å². The number of aromatic nitrogens is 2. The van der Waals surface area contributed by atoms with Crippen molar-refractivity contribution in [2.75, 3.05) is 20.2 Å². The Balaban J connectivity index is 1.41. The Kier molecular flexibility index (Phi) is 15.8. The smallest absolute Gasteiger partial charge is 0.407 e. The molecule has 60 heavy (non-hydrogen) atoms. The highest BCUT2D eigenvalue weighted by Gasteiger charge is 2.41. The van der Waals surface area contributed by atoms with Crippen molar-refractivity contribution in [2.45, 2.75) is 104 Å². The first-order chi connectivity index (χ1) is 28.7. The van der Waals surface area contributed by atoms with Gasteiger partial charge in [-0.1, -0.05) is 108 Å². The van der Waals surface area contributed by atoms with Crippen LogP contribution in [0.1, 0.15) is 69.8 Å². The average molecular weight is 820 g/mol. The van der Waals surface area contributed by atoms with E-state index in [1.165, 1.54) is 7.11 Å². The molecule has 1 aliphatic rings. The molecule has 320 valence electrons. The quantitative estimate of drug-likeness (QED) is 0.0938. The number of benzene rings is 2. The van der Waals surface area contributed by atoms with Gasteiger partial charge in [0.1, 0.15) is 12.1 Å². The van der Waals surface area contributed by atoms with Crippen LogP contribution in [0.5, 0.6) is 0 Å². The zero-order valence-corrected chi connectivity index (χ0v) is 35.9. The molecule has 0 radical (unpaired) electrons. The molecule has 2 aromatic carbocycles. The molecule has 0 bridgehead atoms. The van der Waals surface area contributed by atoms with Crippen molar-refractivity contribution >= 4 is 23.9 Å². The number of nitrogens with zero attached hydrogens (tertiary/aromatic N) is 4. The SMILES string of the molecule is CCC(C)[C@@H](C(=O)N[C@@H](Cc1ccccc1)C(O)C[C@H](Cc1ccc(-c2ccccn2)cc1)NC(=O)[C@@H](NC(=O)OC)C(C)(C)C)N1CCN(Cc2cccnc2C)C1=O. The van der Waals surface area contributed by atoms with Gasteiger partial charge in [0.05, 0.1) is 24.9 Å². The Labute approximate surface area is 354 Å². The van der Waals surface area contributed by atoms with Gasteiger partial charge in [0.15, 0.2) is 0 Å². The topological polar surface area (TPSA) is 166 Å². The number of rotatable bonds is 18. The number of nitrogens with one attached hydrogen (secondary N) is 3. The monoisotopic (exact) mass is 819 g/mol. The molecule has 13 nitrogen and oxygen atoms in total. The molecule has 1 aliphatic heterocycles. The lowest BCUT2D eigenvalue weighted by atomic mass is 9.85. The Morgan fingerprint density at radius 3 is 2.15 bits per heavy atom. The molecule has 2 unspecified atom stereocenters. The lowest BCUT2D eigenvalue weighted by molar-refractivity contribution is -0.129. The summed E-state index contributed by atoms with van der Waals surface area (Å²) in [5.74, 6) is -0.964. The van der Waals surface area contributed by atoms with Crippen molar-refractivity contribution in [3.63, 3.8) is 0 Å². The normalized spacial score (nSPS) is 16.0. The fourth-order valence-electron chi connectivity index (χ4n) is 7.66. The first-order valence-corrected chi connectivity index (χ1v) is 20.8. The number of aliphatic hydroxyl groups excluding tert-OH is 1. The van der Waals surface area contributed by atoms with Gasteiger partial charge in [-0.3, -0.25) is 19.6 Å². The van der Waals surface area contributed by atoms with Crippen LogP contribution in [0, 0.1) is 18.3 Å². The standard InChI is InChI=1S/C47H61N7O6/c1-8-31(2)41(54-26-25-53(46(54)59)30-36-17-14-24-48-32(36)3)43(56)51-39(28-33-15-10-9-11-16-33)40(55)29-37(50-44(57)42(47(4,5)6)52-45(58)60-7)27-34-19-21-35(22-20-34)38-18-12-13-23-49-38/h9-24,31,37,39-42,55H,8,25-30H2,1-7H3,(H,50,57)(H,51,56)(H,52,58)/t31?,37-,39-,40?,41-,42+/m0/s1. The molecule has 2 aromatic heterocycles. The van der Waals surface area contributed by atoms with Crippen molar-refractivity contribution < 1.29 is 29.0 Å². The molecule has 1 fully saturated rings. The van der Waals surface area contributed by atoms with Gasteiger partial charge in [-0.05, 0) is 72.4 Å². The van der Waals surface area contributed by atoms with Gasteiger partial charge in [0.2, 0.25) is 11.8 Å². The zero-order valence-electron chi connectivity index (χ0n) is 35.9. The third kappa shape index (κ3) is 12.1. The Hall–Kier alpha value is -5.82. The number of ether oxygens (including phenoxy) is 1. The van der Waals surface area contributed by atoms with Gasteiger partial charge < -0.3 is 35.6 Å². The largest absolute Gasteiger partial charge is 0.453 e. The number of aliphatic hydroxyl groups is 1. The molecular formula is C47H61N7O6. The fourth-order valence-corrected chi connectivity index (χ4v) is 7.66. The predicted octanol–water partition coefficient (Wildman–Crippen LogP) is 6.08. The highest BCUT2D eigenvalue weighted by atomic mass is 16.5. The summed E-state index contributed by atoms with van der Waals surface area (Å²) in [6.45, 7) is 12.6. The zero-order chi connectivity index (χ0) is 43.4. The number of amides is 5. The molecule has 0 saturated carbocycles. The van der Waals surface area contributed by atoms with E-state index in [1.807, 2.05) is 126 Å². The van der Waals surface area contributed by atoms with E-state index in [4.69, 9.17) is 4.74 Å². The van der Waals surface area contributed by atoms with Crippen LogP contribution in [0.4, 0.5) is 9.59 Å². The van der Waals surface area contributed by atoms with Gasteiger partial charge in [-0.25, -0.2) is 9.59 Å². The van der Waals surface area contributed by atoms with Gasteiger partial charge in [0.25, 0.3) is 0 Å². The Morgan fingerprint density at radius 2 is 1.52 bits per heavy atom. The van der Waals surface area contributed by atoms with E-state index in [9.17, 15) is 24.3 Å². The van der Waals surface area contributed by atoms with Crippen molar-refractivity contribution in [3.05, 3.63) is 120 Å². The summed E-state index contributed by atoms with van der Waals surface area (Å²) >= 11 is 0. The van der Waals surface area contributed by atoms with Gasteiger partial charge >= 0.3 is 12.1 Å². The van der Waals surface area contributed by atoms with E-state index >= 15 is 0 Å². The summed E-state index contributed by atoms with van der Waals surface area (Å²) in [7, 11) is 1.24. The van der Waals surface area contributed by atoms with E-state index in [2.05, 4.69) is 25.9 Å². The molecule has 4 N–H and O–H groups in total. The van der Waals surface area contributed by atoms with E-state index in [0.29, 0.717) is 38.9 Å². The lowest BCUT2D eigenvalue weighted by Crippen LogP contribution is -2.58. The van der Waals surface area contributed by atoms with Crippen LogP contribution in [0.2, 0.25) is 0 Å². The fraction of sp³-hybridized carbons (Fsp3) is 0.447. The maximum absolute atomic E-state index is 14.6. The molecule has 1 saturated heterocycles. The highest BCUT2D eigenvalue weighted by molar-refractivity contribution is 5.89. The van der Waals surface area contributed by atoms with Gasteiger partial charge in [0, 0.05) is 49.3 Å². The average Bonchev–Trinajstić information content (AvgIpc) is 3.58. The van der Waals surface area contributed by atoms with Crippen LogP contribution in [0.15, 0.2) is 97.3 Å². The van der Waals surface area contributed by atoms with E-state index < -0.39 is 47.7 Å². The van der Waals surface area contributed by atoms with Crippen molar-refractivity contribution in [1.29, 1.82) is 0 Å². The Morgan fingerprint density at radius 1 is 0.833 bits per heavy atom. The number of methoxy groups -OCH3 is 1. The summed E-state index contributed by atoms with van der Waals surface area (Å²) in [5, 5.41) is 21.2. The molecule has 4 aromatic rings. The third-order valence-electron chi connectivity index (χ3n) is 11.3. The van der Waals surface area contributed by atoms with Crippen LogP contribution in [0.25, 0.3) is 11.3 Å². The second-order valence-electron chi connectivity index (χ2n) is 16.8. The van der Waals surface area contributed by atoms with Crippen LogP contribution in [0.3, 0.4) is 0 Å². The summed E-state index contributed by atoms with van der Waals surface area (Å²) in [6, 6.07) is 23.6. The number of alkyl carbamates (subject to hydrolysis) is 1. The second kappa shape index (κ2) is 20.9. The summed E-state index contributed by atoms with van der Waals surface area (Å²) in [6.07, 6.45) is 2.95. The van der Waals surface area contributed by atoms with E-state index in [0.717, 1.165) is 33.6 Å². The van der Waals surface area contributed by atoms with Crippen LogP contribution >= 0.6 is 0 Å². The lowest BCUT2D eigenvalue weighted by Gasteiger charge is -2.35. The molecule has 0 spiro atoms. The minimum absolute atomic E-state index is 0.0650. The number of carbonyl (C=O) groups is 4. The highest BCUT2D eigenvalue weighted by Crippen LogP contribution is 2.25. The van der Waals surface area contributed by atoms with Crippen molar-refractivity contribution in [3.8, 4) is 11.3 Å². The minimum atomic E-state index is -1.13. The number of hydrogen-bond acceptors (Lipinski definition) is 8. The Bertz CT molecular complexity index is 2030. The first-order valence-electron chi connectivity index (χ1n) is 20.8. The summed E-state index contributed by atoms with van der Waals surface area (Å²) < 4.78 is 4.84. The second-order valence-corrected chi connectivity index (χ2v) is 16.8. The molecule has 3 heterocycles. The number of carbonyl (C=O) groups excluding carboxylic acids is 4. The molecule has 0 aliphatic carbocycles. The number of hydrogen-bond donors (Lipinski definition) is 4. The predicted molar refractivity (Wildman–Crippen MR) is 232 cm³/mol. The molecular weight excluding hydrogens is 759 g/mol. The number of pyridine rings is 2. The maximum atomic E-state index is 14.6. The molecule has 13 heteroatoms. The number of aryl methyl sites for hydroxylation is 1. The first kappa shape index (κ1) is 45.3. The van der Waals surface area contributed by atoms with Crippen LogP contribution in [-0.2, 0) is 33.7 Å². The van der Waals surface area contributed by atoms with Crippen molar-refractivity contribution in [2.24, 2.45) is 11.3 Å². The van der Waals surface area contributed by atoms with Crippen LogP contribution < -0.4 is 16.0 Å². The summed E-state index contributed by atoms with van der Waals surface area (Å²) in [4.78, 5) is 67.2. The van der Waals surface area contributed by atoms with Gasteiger partial charge in [-0.2, -0.15) is 0 Å². The maximum Gasteiger partial charge on any atom is 0.407 e. The van der Waals surface area contributed by atoms with E-state index in [-0.39, 0.29) is 24.3 Å². The molecule has 6 atom stereocenters. The van der Waals surface area contributed by atoms with Crippen LogP contribution in [-0.4, -0.2) is 99.3 Å². The molecule has 5 amide bonds. The van der Waals surface area contributed by atoms with Crippen molar-refractivity contribution in [1.82, 2.24) is 35.7 Å². The minimum Gasteiger partial charge on any atom is -0.453 e. The third-order valence-corrected chi connectivity index (χ3v) is 11.3.